The number of aromatic nitrogens is 2. The molecular formula is C17H15F3N4O3. The Balaban J connectivity index is 2.26. The molecule has 1 amide bonds. The molecule has 142 valence electrons. The second-order valence-electron chi connectivity index (χ2n) is 5.69. The van der Waals surface area contributed by atoms with E-state index in [0.29, 0.717) is 11.1 Å². The van der Waals surface area contributed by atoms with E-state index >= 15 is 0 Å². The molecule has 2 aromatic rings. The summed E-state index contributed by atoms with van der Waals surface area (Å²) in [6.07, 6.45) is -4.71. The summed E-state index contributed by atoms with van der Waals surface area (Å²) in [5, 5.41) is 23.6. The molecule has 0 aliphatic rings. The van der Waals surface area contributed by atoms with Crippen molar-refractivity contribution in [3.05, 3.63) is 52.8 Å². The number of nitriles is 1. The Morgan fingerprint density at radius 3 is 2.48 bits per heavy atom. The van der Waals surface area contributed by atoms with Crippen molar-refractivity contribution in [1.82, 2.24) is 15.1 Å². The van der Waals surface area contributed by atoms with Crippen molar-refractivity contribution in [2.75, 3.05) is 0 Å². The van der Waals surface area contributed by atoms with E-state index in [9.17, 15) is 27.9 Å². The first kappa shape index (κ1) is 20.0. The number of carbonyl (C=O) groups is 2. The summed E-state index contributed by atoms with van der Waals surface area (Å²) in [7, 11) is 1.09. The van der Waals surface area contributed by atoms with Gasteiger partial charge in [0.2, 0.25) is 0 Å². The first-order valence-electron chi connectivity index (χ1n) is 7.77. The average Bonchev–Trinajstić information content (AvgIpc) is 2.95. The van der Waals surface area contributed by atoms with Crippen molar-refractivity contribution in [3.8, 4) is 6.07 Å². The van der Waals surface area contributed by atoms with Crippen LogP contribution in [0, 0.1) is 11.3 Å². The van der Waals surface area contributed by atoms with E-state index in [1.807, 2.05) is 0 Å². The number of aliphatic carboxylic acids is 1. The van der Waals surface area contributed by atoms with Gasteiger partial charge in [-0.05, 0) is 18.4 Å². The van der Waals surface area contributed by atoms with E-state index in [-0.39, 0.29) is 6.42 Å². The van der Waals surface area contributed by atoms with Gasteiger partial charge in [-0.2, -0.15) is 23.5 Å². The number of alkyl halides is 3. The number of amides is 1. The molecule has 7 nitrogen and oxygen atoms in total. The lowest BCUT2D eigenvalue weighted by atomic mass is 10.0. The summed E-state index contributed by atoms with van der Waals surface area (Å²) >= 11 is 0. The third-order valence-corrected chi connectivity index (χ3v) is 3.82. The van der Waals surface area contributed by atoms with Gasteiger partial charge in [-0.25, -0.2) is 4.79 Å². The van der Waals surface area contributed by atoms with Crippen LogP contribution in [0.15, 0.2) is 30.3 Å². The van der Waals surface area contributed by atoms with Gasteiger partial charge in [-0.3, -0.25) is 9.48 Å². The van der Waals surface area contributed by atoms with E-state index in [2.05, 4.69) is 10.4 Å². The molecular weight excluding hydrogens is 365 g/mol. The maximum Gasteiger partial charge on any atom is 0.436 e. The first-order valence-corrected chi connectivity index (χ1v) is 7.77. The van der Waals surface area contributed by atoms with Crippen molar-refractivity contribution in [2.45, 2.75) is 25.1 Å². The number of carboxylic acid groups (broad SMARTS) is 1. The molecule has 2 N–H and O–H groups in total. The van der Waals surface area contributed by atoms with Crippen LogP contribution in [0.1, 0.15) is 33.7 Å². The normalized spacial score (nSPS) is 12.3. The monoisotopic (exact) mass is 380 g/mol. The summed E-state index contributed by atoms with van der Waals surface area (Å²) in [5.74, 6) is -2.71. The quantitative estimate of drug-likeness (QED) is 0.798. The highest BCUT2D eigenvalue weighted by Crippen LogP contribution is 2.32. The van der Waals surface area contributed by atoms with Crippen LogP contribution in [0.2, 0.25) is 0 Å². The predicted molar refractivity (Wildman–Crippen MR) is 86.6 cm³/mol. The molecule has 0 saturated heterocycles. The van der Waals surface area contributed by atoms with Crippen LogP contribution in [-0.2, 0) is 24.4 Å². The molecule has 1 aromatic heterocycles. The van der Waals surface area contributed by atoms with Crippen molar-refractivity contribution in [3.63, 3.8) is 0 Å². The molecule has 0 spiro atoms. The minimum absolute atomic E-state index is 0.0331. The summed E-state index contributed by atoms with van der Waals surface area (Å²) < 4.78 is 40.0. The minimum Gasteiger partial charge on any atom is -0.480 e. The summed E-state index contributed by atoms with van der Waals surface area (Å²) in [6.45, 7) is 0. The Hall–Kier alpha value is -3.35. The van der Waals surface area contributed by atoms with Crippen molar-refractivity contribution in [1.29, 1.82) is 5.26 Å². The number of aryl methyl sites for hydroxylation is 2. The molecule has 0 aliphatic heterocycles. The van der Waals surface area contributed by atoms with Gasteiger partial charge < -0.3 is 10.4 Å². The number of halogens is 3. The fourth-order valence-electron chi connectivity index (χ4n) is 2.51. The Bertz CT molecular complexity index is 885. The number of benzene rings is 1. The molecule has 0 saturated carbocycles. The molecule has 2 rings (SSSR count). The third kappa shape index (κ3) is 4.63. The molecule has 27 heavy (non-hydrogen) atoms. The van der Waals surface area contributed by atoms with Gasteiger partial charge in [0.25, 0.3) is 5.91 Å². The van der Waals surface area contributed by atoms with Gasteiger partial charge in [0.15, 0.2) is 11.4 Å². The lowest BCUT2D eigenvalue weighted by molar-refractivity contribution is -0.141. The van der Waals surface area contributed by atoms with Crippen molar-refractivity contribution >= 4 is 11.9 Å². The van der Waals surface area contributed by atoms with E-state index in [1.165, 1.54) is 6.07 Å². The van der Waals surface area contributed by atoms with E-state index in [1.54, 1.807) is 30.3 Å². The van der Waals surface area contributed by atoms with Gasteiger partial charge in [-0.15, -0.1) is 0 Å². The molecule has 1 aromatic carbocycles. The van der Waals surface area contributed by atoms with Gasteiger partial charge in [-0.1, -0.05) is 30.3 Å². The zero-order valence-corrected chi connectivity index (χ0v) is 14.1. The number of carboxylic acids is 1. The Kier molecular flexibility index (Phi) is 5.85. The maximum atomic E-state index is 13.1. The van der Waals surface area contributed by atoms with Crippen LogP contribution in [0.4, 0.5) is 13.2 Å². The zero-order valence-electron chi connectivity index (χ0n) is 14.1. The molecule has 1 heterocycles. The van der Waals surface area contributed by atoms with Crippen LogP contribution in [-0.4, -0.2) is 32.8 Å². The lowest BCUT2D eigenvalue weighted by Gasteiger charge is -2.15. The smallest absolute Gasteiger partial charge is 0.436 e. The highest BCUT2D eigenvalue weighted by Gasteiger charge is 2.42. The predicted octanol–water partition coefficient (Wildman–Crippen LogP) is 2.13. The standard InChI is InChI=1S/C17H15F3N4O3/c1-24-12(9-21)13(14(23-24)17(18,19)20)15(25)22-11(16(26)27)8-7-10-5-3-2-4-6-10/h2-6,11H,7-8H2,1H3,(H,22,25)(H,26,27)/t11-/m0/s1. The zero-order chi connectivity index (χ0) is 20.2. The average molecular weight is 380 g/mol. The highest BCUT2D eigenvalue weighted by atomic mass is 19.4. The maximum absolute atomic E-state index is 13.1. The fraction of sp³-hybridized carbons (Fsp3) is 0.294. The van der Waals surface area contributed by atoms with Gasteiger partial charge in [0.1, 0.15) is 17.7 Å². The topological polar surface area (TPSA) is 108 Å². The molecule has 0 bridgehead atoms. The van der Waals surface area contributed by atoms with Crippen molar-refractivity contribution < 1.29 is 27.9 Å². The van der Waals surface area contributed by atoms with Gasteiger partial charge >= 0.3 is 12.1 Å². The lowest BCUT2D eigenvalue weighted by Crippen LogP contribution is -2.41. The van der Waals surface area contributed by atoms with Crippen molar-refractivity contribution in [2.24, 2.45) is 7.05 Å². The number of hydrogen-bond acceptors (Lipinski definition) is 4. The van der Waals surface area contributed by atoms with Gasteiger partial charge in [0, 0.05) is 7.05 Å². The second kappa shape index (κ2) is 7.90. The summed E-state index contributed by atoms with van der Waals surface area (Å²) in [4.78, 5) is 23.8. The van der Waals surface area contributed by atoms with Gasteiger partial charge in [0.05, 0.1) is 0 Å². The Morgan fingerprint density at radius 2 is 1.96 bits per heavy atom. The van der Waals surface area contributed by atoms with Crippen LogP contribution < -0.4 is 5.32 Å². The molecule has 0 radical (unpaired) electrons. The molecule has 10 heteroatoms. The van der Waals surface area contributed by atoms with Crippen LogP contribution >= 0.6 is 0 Å². The van der Waals surface area contributed by atoms with E-state index in [4.69, 9.17) is 5.26 Å². The third-order valence-electron chi connectivity index (χ3n) is 3.82. The van der Waals surface area contributed by atoms with Crippen LogP contribution in [0.25, 0.3) is 0 Å². The van der Waals surface area contributed by atoms with Crippen LogP contribution in [0.5, 0.6) is 0 Å². The minimum atomic E-state index is -4.97. The number of hydrogen-bond donors (Lipinski definition) is 2. The molecule has 0 aliphatic carbocycles. The fourth-order valence-corrected chi connectivity index (χ4v) is 2.51. The number of rotatable bonds is 6. The van der Waals surface area contributed by atoms with E-state index < -0.39 is 41.0 Å². The number of carbonyl (C=O) groups excluding carboxylic acids is 1. The number of nitrogens with zero attached hydrogens (tertiary/aromatic N) is 3. The largest absolute Gasteiger partial charge is 0.480 e. The first-order chi connectivity index (χ1) is 12.6. The molecule has 0 unspecified atom stereocenters. The second-order valence-corrected chi connectivity index (χ2v) is 5.69. The van der Waals surface area contributed by atoms with E-state index in [0.717, 1.165) is 12.6 Å². The molecule has 1 atom stereocenters. The SMILES string of the molecule is Cn1nc(C(F)(F)F)c(C(=O)N[C@@H](CCc2ccccc2)C(=O)O)c1C#N. The summed E-state index contributed by atoms with van der Waals surface area (Å²) in [6, 6.07) is 8.89. The molecule has 0 fully saturated rings. The Morgan fingerprint density at radius 1 is 1.33 bits per heavy atom. The Labute approximate surface area is 152 Å². The van der Waals surface area contributed by atoms with Crippen LogP contribution in [0.3, 0.4) is 0 Å². The summed E-state index contributed by atoms with van der Waals surface area (Å²) in [5.41, 5.74) is -2.31. The number of nitrogens with one attached hydrogen (secondary N) is 1. The highest BCUT2D eigenvalue weighted by molar-refractivity contribution is 5.99.